The van der Waals surface area contributed by atoms with E-state index in [-0.39, 0.29) is 22.9 Å². The average Bonchev–Trinajstić information content (AvgIpc) is 2.56. The summed E-state index contributed by atoms with van der Waals surface area (Å²) in [5.74, 6) is 0.180. The lowest BCUT2D eigenvalue weighted by Gasteiger charge is -2.26. The Morgan fingerprint density at radius 1 is 1.25 bits per heavy atom. The zero-order valence-electron chi connectivity index (χ0n) is 13.3. The van der Waals surface area contributed by atoms with Crippen LogP contribution in [-0.4, -0.2) is 16.9 Å². The van der Waals surface area contributed by atoms with Gasteiger partial charge in [0, 0.05) is 18.2 Å². The van der Waals surface area contributed by atoms with Crippen molar-refractivity contribution in [1.82, 2.24) is 5.32 Å². The minimum atomic E-state index is -0.751. The fourth-order valence-corrected chi connectivity index (χ4v) is 3.06. The molecule has 1 aliphatic rings. The van der Waals surface area contributed by atoms with Gasteiger partial charge in [-0.05, 0) is 49.1 Å². The summed E-state index contributed by atoms with van der Waals surface area (Å²) in [5.41, 5.74) is -0.943. The SMILES string of the molecule is CC1CCC(NC(=O)c2cc3ccc([N+](=O)[O-])cc3c(=O)o2)CC1. The Morgan fingerprint density at radius 2 is 1.96 bits per heavy atom. The third-order valence-corrected chi connectivity index (χ3v) is 4.53. The molecule has 7 heteroatoms. The number of nitrogens with zero attached hydrogens (tertiary/aromatic N) is 1. The van der Waals surface area contributed by atoms with Crippen molar-refractivity contribution < 1.29 is 14.1 Å². The average molecular weight is 330 g/mol. The van der Waals surface area contributed by atoms with Crippen molar-refractivity contribution in [2.75, 3.05) is 0 Å². The zero-order chi connectivity index (χ0) is 17.3. The summed E-state index contributed by atoms with van der Waals surface area (Å²) < 4.78 is 5.06. The molecule has 0 atom stereocenters. The number of carbonyl (C=O) groups is 1. The molecule has 1 heterocycles. The maximum absolute atomic E-state index is 12.3. The normalized spacial score (nSPS) is 20.7. The highest BCUT2D eigenvalue weighted by molar-refractivity contribution is 5.95. The van der Waals surface area contributed by atoms with Crippen LogP contribution in [0.2, 0.25) is 0 Å². The first kappa shape index (κ1) is 16.2. The van der Waals surface area contributed by atoms with Gasteiger partial charge in [0.15, 0.2) is 5.76 Å². The largest absolute Gasteiger partial charge is 0.417 e. The summed E-state index contributed by atoms with van der Waals surface area (Å²) in [7, 11) is 0. The Morgan fingerprint density at radius 3 is 2.62 bits per heavy atom. The molecule has 24 heavy (non-hydrogen) atoms. The van der Waals surface area contributed by atoms with Crippen LogP contribution in [0.3, 0.4) is 0 Å². The van der Waals surface area contributed by atoms with E-state index in [9.17, 15) is 19.7 Å². The minimum absolute atomic E-state index is 0.0695. The summed E-state index contributed by atoms with van der Waals surface area (Å²) in [5, 5.41) is 14.2. The predicted octanol–water partition coefficient (Wildman–Crippen LogP) is 3.01. The first-order valence-electron chi connectivity index (χ1n) is 7.97. The number of nitro benzene ring substituents is 1. The van der Waals surface area contributed by atoms with E-state index < -0.39 is 16.5 Å². The molecule has 1 aliphatic carbocycles. The van der Waals surface area contributed by atoms with E-state index in [0.29, 0.717) is 11.3 Å². The van der Waals surface area contributed by atoms with E-state index in [1.807, 2.05) is 0 Å². The number of hydrogen-bond donors (Lipinski definition) is 1. The Labute approximate surface area is 137 Å². The van der Waals surface area contributed by atoms with E-state index in [1.54, 1.807) is 0 Å². The molecule has 0 spiro atoms. The fourth-order valence-electron chi connectivity index (χ4n) is 3.06. The number of fused-ring (bicyclic) bond motifs is 1. The van der Waals surface area contributed by atoms with Crippen LogP contribution < -0.4 is 10.9 Å². The first-order valence-corrected chi connectivity index (χ1v) is 7.97. The lowest BCUT2D eigenvalue weighted by atomic mass is 9.87. The molecule has 2 aromatic rings. The van der Waals surface area contributed by atoms with Crippen LogP contribution in [0.5, 0.6) is 0 Å². The Bertz CT molecular complexity index is 850. The lowest BCUT2D eigenvalue weighted by molar-refractivity contribution is -0.384. The number of nitro groups is 1. The highest BCUT2D eigenvalue weighted by Crippen LogP contribution is 2.24. The van der Waals surface area contributed by atoms with Crippen molar-refractivity contribution in [3.8, 4) is 0 Å². The van der Waals surface area contributed by atoms with Gasteiger partial charge < -0.3 is 9.73 Å². The summed E-state index contributed by atoms with van der Waals surface area (Å²) in [6.45, 7) is 2.19. The molecule has 0 unspecified atom stereocenters. The van der Waals surface area contributed by atoms with E-state index in [1.165, 1.54) is 18.2 Å². The summed E-state index contributed by atoms with van der Waals surface area (Å²) in [6, 6.07) is 5.44. The molecular formula is C17H18N2O5. The van der Waals surface area contributed by atoms with E-state index in [2.05, 4.69) is 12.2 Å². The van der Waals surface area contributed by atoms with Gasteiger partial charge in [0.1, 0.15) is 0 Å². The van der Waals surface area contributed by atoms with E-state index in [0.717, 1.165) is 31.7 Å². The van der Waals surface area contributed by atoms with Gasteiger partial charge in [-0.1, -0.05) is 6.92 Å². The molecule has 0 radical (unpaired) electrons. The van der Waals surface area contributed by atoms with Gasteiger partial charge in [-0.3, -0.25) is 14.9 Å². The van der Waals surface area contributed by atoms with Gasteiger partial charge in [-0.2, -0.15) is 0 Å². The number of rotatable bonds is 3. The number of amides is 1. The van der Waals surface area contributed by atoms with Gasteiger partial charge in [0.25, 0.3) is 11.6 Å². The van der Waals surface area contributed by atoms with Crippen molar-refractivity contribution in [3.63, 3.8) is 0 Å². The molecule has 126 valence electrons. The molecule has 1 saturated carbocycles. The predicted molar refractivity (Wildman–Crippen MR) is 88.0 cm³/mol. The first-order chi connectivity index (χ1) is 11.4. The number of benzene rings is 1. The maximum Gasteiger partial charge on any atom is 0.344 e. The van der Waals surface area contributed by atoms with Crippen LogP contribution in [0.1, 0.15) is 43.2 Å². The number of non-ortho nitro benzene ring substituents is 1. The van der Waals surface area contributed by atoms with Crippen molar-refractivity contribution in [1.29, 1.82) is 0 Å². The summed E-state index contributed by atoms with van der Waals surface area (Å²) in [4.78, 5) is 34.6. The smallest absolute Gasteiger partial charge is 0.344 e. The third kappa shape index (κ3) is 3.29. The summed E-state index contributed by atoms with van der Waals surface area (Å²) in [6.07, 6.45) is 3.96. The van der Waals surface area contributed by atoms with Crippen LogP contribution in [0, 0.1) is 16.0 Å². The second kappa shape index (κ2) is 6.43. The number of hydrogen-bond acceptors (Lipinski definition) is 5. The number of nitrogens with one attached hydrogen (secondary N) is 1. The minimum Gasteiger partial charge on any atom is -0.417 e. The molecule has 3 rings (SSSR count). The molecule has 1 N–H and O–H groups in total. The Hall–Kier alpha value is -2.70. The third-order valence-electron chi connectivity index (χ3n) is 4.53. The second-order valence-electron chi connectivity index (χ2n) is 6.36. The monoisotopic (exact) mass is 330 g/mol. The standard InChI is InChI=1S/C17H18N2O5/c1-10-2-5-12(6-3-10)18-16(20)15-8-11-4-7-13(19(22)23)9-14(11)17(21)24-15/h4,7-10,12H,2-3,5-6H2,1H3,(H,18,20). The Balaban J connectivity index is 1.84. The van der Waals surface area contributed by atoms with Crippen molar-refractivity contribution in [3.05, 3.63) is 50.6 Å². The van der Waals surface area contributed by atoms with Gasteiger partial charge >= 0.3 is 5.63 Å². The molecule has 0 aliphatic heterocycles. The topological polar surface area (TPSA) is 102 Å². The molecular weight excluding hydrogens is 312 g/mol. The highest BCUT2D eigenvalue weighted by atomic mass is 16.6. The van der Waals surface area contributed by atoms with Gasteiger partial charge in [0.2, 0.25) is 0 Å². The van der Waals surface area contributed by atoms with E-state index >= 15 is 0 Å². The molecule has 1 amide bonds. The lowest BCUT2D eigenvalue weighted by Crippen LogP contribution is -2.37. The number of carbonyl (C=O) groups excluding carboxylic acids is 1. The van der Waals surface area contributed by atoms with E-state index in [4.69, 9.17) is 4.42 Å². The molecule has 1 aromatic carbocycles. The fraction of sp³-hybridized carbons (Fsp3) is 0.412. The summed E-state index contributed by atoms with van der Waals surface area (Å²) >= 11 is 0. The maximum atomic E-state index is 12.3. The molecule has 0 bridgehead atoms. The molecule has 1 aromatic heterocycles. The van der Waals surface area contributed by atoms with Gasteiger partial charge in [-0.25, -0.2) is 4.79 Å². The van der Waals surface area contributed by atoms with Crippen molar-refractivity contribution in [2.45, 2.75) is 38.6 Å². The quantitative estimate of drug-likeness (QED) is 0.688. The van der Waals surface area contributed by atoms with Crippen LogP contribution in [0.25, 0.3) is 10.8 Å². The second-order valence-corrected chi connectivity index (χ2v) is 6.36. The molecule has 0 saturated heterocycles. The van der Waals surface area contributed by atoms with Crippen molar-refractivity contribution >= 4 is 22.4 Å². The van der Waals surface area contributed by atoms with Gasteiger partial charge in [0.05, 0.1) is 10.3 Å². The van der Waals surface area contributed by atoms with Crippen LogP contribution >= 0.6 is 0 Å². The zero-order valence-corrected chi connectivity index (χ0v) is 13.3. The molecule has 1 fully saturated rings. The van der Waals surface area contributed by atoms with Crippen LogP contribution in [0.15, 0.2) is 33.5 Å². The van der Waals surface area contributed by atoms with Gasteiger partial charge in [-0.15, -0.1) is 0 Å². The Kier molecular flexibility index (Phi) is 4.33. The van der Waals surface area contributed by atoms with Crippen LogP contribution in [-0.2, 0) is 0 Å². The van der Waals surface area contributed by atoms with Crippen LogP contribution in [0.4, 0.5) is 5.69 Å². The highest BCUT2D eigenvalue weighted by Gasteiger charge is 2.22. The van der Waals surface area contributed by atoms with Crippen molar-refractivity contribution in [2.24, 2.45) is 5.92 Å². The molecule has 7 nitrogen and oxygen atoms in total.